The molecule has 0 heterocycles. The molecule has 0 saturated carbocycles. The number of carbonyl (C=O) groups is 2. The van der Waals surface area contributed by atoms with Crippen molar-refractivity contribution in [2.75, 3.05) is 0 Å². The van der Waals surface area contributed by atoms with Crippen LogP contribution >= 0.6 is 0 Å². The Morgan fingerprint density at radius 3 is 1.88 bits per heavy atom. The van der Waals surface area contributed by atoms with E-state index in [1.165, 1.54) is 18.2 Å². The van der Waals surface area contributed by atoms with Gasteiger partial charge in [-0.25, -0.2) is 19.7 Å². The van der Waals surface area contributed by atoms with Crippen LogP contribution in [0.3, 0.4) is 0 Å². The summed E-state index contributed by atoms with van der Waals surface area (Å²) in [7, 11) is 0. The number of hydrazine groups is 1. The Kier molecular flexibility index (Phi) is 7.18. The number of hydrogen-bond donors (Lipinski definition) is 2. The van der Waals surface area contributed by atoms with E-state index in [-0.39, 0.29) is 22.8 Å². The van der Waals surface area contributed by atoms with Gasteiger partial charge in [0, 0.05) is 6.07 Å². The molecule has 2 aromatic carbocycles. The van der Waals surface area contributed by atoms with Crippen molar-refractivity contribution in [3.8, 4) is 0 Å². The fraction of sp³-hybridized carbons (Fsp3) is 0.0667. The molecule has 0 saturated heterocycles. The van der Waals surface area contributed by atoms with Crippen molar-refractivity contribution in [1.29, 1.82) is 0 Å². The molecule has 0 aromatic heterocycles. The van der Waals surface area contributed by atoms with Gasteiger partial charge in [0.25, 0.3) is 5.69 Å². The molecule has 11 heteroatoms. The van der Waals surface area contributed by atoms with Crippen LogP contribution in [0.15, 0.2) is 54.6 Å². The summed E-state index contributed by atoms with van der Waals surface area (Å²) in [6.45, 7) is -0.247. The minimum absolute atomic E-state index is 0.134. The van der Waals surface area contributed by atoms with Crippen LogP contribution in [0, 0.1) is 20.2 Å². The maximum absolute atomic E-state index is 10.4. The number of para-hydroxylation sites is 1. The fourth-order valence-corrected chi connectivity index (χ4v) is 1.77. The molecule has 0 aliphatic carbocycles. The second-order valence-electron chi connectivity index (χ2n) is 4.64. The molecule has 0 unspecified atom stereocenters. The number of nitrogens with zero attached hydrogens (tertiary/aromatic N) is 3. The van der Waals surface area contributed by atoms with Crippen LogP contribution in [0.4, 0.5) is 10.5 Å². The van der Waals surface area contributed by atoms with E-state index in [1.54, 1.807) is 30.3 Å². The van der Waals surface area contributed by atoms with Crippen molar-refractivity contribution in [3.05, 3.63) is 86.0 Å². The Balaban J connectivity index is 0.000000263. The molecule has 0 atom stereocenters. The van der Waals surface area contributed by atoms with E-state index in [1.807, 2.05) is 0 Å². The van der Waals surface area contributed by atoms with Crippen LogP contribution in [0.5, 0.6) is 0 Å². The molecular weight excluding hydrogens is 350 g/mol. The second kappa shape index (κ2) is 9.32. The highest BCUT2D eigenvalue weighted by Crippen LogP contribution is 2.16. The van der Waals surface area contributed by atoms with Crippen molar-refractivity contribution in [3.63, 3.8) is 0 Å². The number of carboxylic acid groups (broad SMARTS) is 2. The number of amides is 1. The second-order valence-corrected chi connectivity index (χ2v) is 4.64. The van der Waals surface area contributed by atoms with Crippen LogP contribution in [0.25, 0.3) is 0 Å². The number of benzene rings is 2. The molecule has 2 aromatic rings. The van der Waals surface area contributed by atoms with Crippen molar-refractivity contribution >= 4 is 17.7 Å². The number of carboxylic acids is 1. The zero-order chi connectivity index (χ0) is 19.7. The van der Waals surface area contributed by atoms with E-state index in [9.17, 15) is 29.8 Å². The van der Waals surface area contributed by atoms with Gasteiger partial charge < -0.3 is 10.2 Å². The molecule has 0 radical (unpaired) electrons. The van der Waals surface area contributed by atoms with Crippen LogP contribution in [-0.2, 0) is 6.54 Å². The number of nitro groups is 2. The molecule has 0 fully saturated rings. The Labute approximate surface area is 146 Å². The summed E-state index contributed by atoms with van der Waals surface area (Å²) in [6, 6.07) is 13.6. The van der Waals surface area contributed by atoms with E-state index in [4.69, 9.17) is 10.2 Å². The van der Waals surface area contributed by atoms with Gasteiger partial charge in [0.15, 0.2) is 5.03 Å². The van der Waals surface area contributed by atoms with E-state index >= 15 is 0 Å². The highest BCUT2D eigenvalue weighted by Gasteiger charge is 2.23. The largest absolute Gasteiger partial charge is 0.477 e. The summed E-state index contributed by atoms with van der Waals surface area (Å²) in [5.74, 6) is -1.29. The summed E-state index contributed by atoms with van der Waals surface area (Å²) >= 11 is 0. The lowest BCUT2D eigenvalue weighted by Crippen LogP contribution is -2.34. The summed E-state index contributed by atoms with van der Waals surface area (Å²) in [6.07, 6.45) is -1.57. The highest BCUT2D eigenvalue weighted by atomic mass is 16.7. The summed E-state index contributed by atoms with van der Waals surface area (Å²) in [4.78, 5) is 40.7. The predicted molar refractivity (Wildman–Crippen MR) is 87.1 cm³/mol. The average molecular weight is 363 g/mol. The summed E-state index contributed by atoms with van der Waals surface area (Å²) in [5, 5.41) is 36.7. The van der Waals surface area contributed by atoms with Crippen molar-refractivity contribution in [2.45, 2.75) is 6.54 Å². The maximum atomic E-state index is 10.4. The number of rotatable bonds is 5. The third kappa shape index (κ3) is 5.88. The molecule has 11 nitrogen and oxygen atoms in total. The van der Waals surface area contributed by atoms with Crippen LogP contribution in [-0.4, -0.2) is 37.2 Å². The first kappa shape index (κ1) is 20.0. The number of nitro benzene ring substituents is 1. The lowest BCUT2D eigenvalue weighted by molar-refractivity contribution is -0.638. The maximum Gasteiger partial charge on any atom is 0.466 e. The van der Waals surface area contributed by atoms with Gasteiger partial charge in [-0.15, -0.1) is 0 Å². The summed E-state index contributed by atoms with van der Waals surface area (Å²) in [5.41, 5.74) is -0.0981. The molecule has 26 heavy (non-hydrogen) atoms. The molecule has 0 aliphatic heterocycles. The Hall–Kier alpha value is -4.02. The van der Waals surface area contributed by atoms with Gasteiger partial charge in [-0.3, -0.25) is 10.1 Å². The third-order valence-electron chi connectivity index (χ3n) is 2.92. The highest BCUT2D eigenvalue weighted by molar-refractivity contribution is 5.92. The van der Waals surface area contributed by atoms with Gasteiger partial charge in [0.1, 0.15) is 12.1 Å². The van der Waals surface area contributed by atoms with Crippen LogP contribution in [0.2, 0.25) is 0 Å². The monoisotopic (exact) mass is 363 g/mol. The number of aromatic carboxylic acids is 1. The topological polar surface area (TPSA) is 164 Å². The molecule has 136 valence electrons. The van der Waals surface area contributed by atoms with Gasteiger partial charge in [0.2, 0.25) is 0 Å². The third-order valence-corrected chi connectivity index (χ3v) is 2.92. The van der Waals surface area contributed by atoms with E-state index < -0.39 is 22.0 Å². The molecule has 2 N–H and O–H groups in total. The minimum atomic E-state index is -1.57. The molecule has 0 bridgehead atoms. The Bertz CT molecular complexity index is 763. The molecule has 2 rings (SSSR count). The zero-order valence-electron chi connectivity index (χ0n) is 13.1. The first-order valence-electron chi connectivity index (χ1n) is 6.89. The van der Waals surface area contributed by atoms with Crippen LogP contribution < -0.4 is 0 Å². The van der Waals surface area contributed by atoms with E-state index in [2.05, 4.69) is 0 Å². The normalized spacial score (nSPS) is 9.38. The van der Waals surface area contributed by atoms with Crippen LogP contribution in [0.1, 0.15) is 15.9 Å². The molecule has 1 amide bonds. The molecular formula is C15H13N3O8. The fourth-order valence-electron chi connectivity index (χ4n) is 1.77. The first-order valence-corrected chi connectivity index (χ1v) is 6.89. The lowest BCUT2D eigenvalue weighted by Gasteiger charge is -2.07. The quantitative estimate of drug-likeness (QED) is 0.604. The minimum Gasteiger partial charge on any atom is -0.477 e. The average Bonchev–Trinajstić information content (AvgIpc) is 2.60. The first-order chi connectivity index (χ1) is 12.2. The van der Waals surface area contributed by atoms with Gasteiger partial charge in [-0.2, -0.15) is 0 Å². The van der Waals surface area contributed by atoms with Gasteiger partial charge in [0.05, 0.1) is 4.92 Å². The van der Waals surface area contributed by atoms with Gasteiger partial charge in [-0.1, -0.05) is 42.5 Å². The van der Waals surface area contributed by atoms with Gasteiger partial charge >= 0.3 is 12.1 Å². The van der Waals surface area contributed by atoms with Crippen molar-refractivity contribution < 1.29 is 29.8 Å². The molecule has 0 spiro atoms. The Morgan fingerprint density at radius 2 is 1.46 bits per heavy atom. The van der Waals surface area contributed by atoms with Crippen molar-refractivity contribution in [2.24, 2.45) is 0 Å². The zero-order valence-corrected chi connectivity index (χ0v) is 13.1. The van der Waals surface area contributed by atoms with Gasteiger partial charge in [-0.05, 0) is 16.6 Å². The summed E-state index contributed by atoms with van der Waals surface area (Å²) < 4.78 is 0. The molecule has 0 aliphatic rings. The lowest BCUT2D eigenvalue weighted by atomic mass is 10.2. The number of hydrogen-bond acceptors (Lipinski definition) is 6. The standard InChI is InChI=1S/C8H8N2O4.C7H5NO4/c11-8(12)9(10(13)14)6-7-4-2-1-3-5-7;9-7(10)5-3-1-2-4-6(5)8(11)12/h1-5H,6H2,(H,11,12);1-4H,(H,9,10). The smallest absolute Gasteiger partial charge is 0.466 e. The predicted octanol–water partition coefficient (Wildman–Crippen LogP) is 2.65. The van der Waals surface area contributed by atoms with E-state index in [0.29, 0.717) is 5.56 Å². The SMILES string of the molecule is O=C(O)N(Cc1ccccc1)[N+](=O)[O-].O=C(O)c1ccccc1[N+](=O)[O-]. The van der Waals surface area contributed by atoms with Crippen molar-refractivity contribution in [1.82, 2.24) is 5.01 Å². The van der Waals surface area contributed by atoms with E-state index in [0.717, 1.165) is 6.07 Å². The Morgan fingerprint density at radius 1 is 0.923 bits per heavy atom.